The lowest BCUT2D eigenvalue weighted by Gasteiger charge is -2.04. The van der Waals surface area contributed by atoms with E-state index >= 15 is 0 Å². The van der Waals surface area contributed by atoms with Gasteiger partial charge in [0.05, 0.1) is 12.4 Å². The Bertz CT molecular complexity index is 582. The molecule has 0 saturated heterocycles. The minimum Gasteiger partial charge on any atom is -0.423 e. The molecular weight excluding hydrogens is 223 g/mol. The molecular formula is C9H9BN4O3. The van der Waals surface area contributed by atoms with Crippen LogP contribution in [0.1, 0.15) is 5.82 Å². The minimum atomic E-state index is -1.71. The van der Waals surface area contributed by atoms with Crippen LogP contribution in [0.25, 0.3) is 5.69 Å². The van der Waals surface area contributed by atoms with E-state index in [2.05, 4.69) is 15.1 Å². The smallest absolute Gasteiger partial charge is 0.423 e. The summed E-state index contributed by atoms with van der Waals surface area (Å²) in [6.07, 6.45) is 4.13. The molecule has 0 amide bonds. The summed E-state index contributed by atoms with van der Waals surface area (Å²) in [7, 11) is -1.71. The summed E-state index contributed by atoms with van der Waals surface area (Å²) in [6.45, 7) is 1.73. The van der Waals surface area contributed by atoms with Gasteiger partial charge in [-0.05, 0) is 6.92 Å². The molecule has 0 spiro atoms. The van der Waals surface area contributed by atoms with Gasteiger partial charge in [-0.3, -0.25) is 4.79 Å². The molecule has 0 aliphatic carbocycles. The van der Waals surface area contributed by atoms with E-state index in [1.165, 1.54) is 18.6 Å². The van der Waals surface area contributed by atoms with E-state index in [4.69, 9.17) is 10.0 Å². The number of rotatable bonds is 2. The zero-order valence-electron chi connectivity index (χ0n) is 8.98. The van der Waals surface area contributed by atoms with Gasteiger partial charge < -0.3 is 10.0 Å². The van der Waals surface area contributed by atoms with Gasteiger partial charge in [-0.25, -0.2) is 9.97 Å². The lowest BCUT2D eigenvalue weighted by atomic mass is 9.82. The number of hydrogen-bond donors (Lipinski definition) is 2. The van der Waals surface area contributed by atoms with Crippen LogP contribution in [-0.4, -0.2) is 36.9 Å². The van der Waals surface area contributed by atoms with Crippen LogP contribution in [0.4, 0.5) is 0 Å². The zero-order chi connectivity index (χ0) is 12.4. The van der Waals surface area contributed by atoms with E-state index in [1.54, 1.807) is 6.92 Å². The standard InChI is InChI=1S/C9H9BN4O3/c1-6-11-4-8(5-12-6)14-9(15)2-7(3-13-14)10(16)17/h2-5,16-17H,1H3. The maximum atomic E-state index is 11.7. The first-order chi connectivity index (χ1) is 8.08. The minimum absolute atomic E-state index is 0.0410. The maximum absolute atomic E-state index is 11.7. The Kier molecular flexibility index (Phi) is 2.98. The second-order valence-electron chi connectivity index (χ2n) is 3.40. The highest BCUT2D eigenvalue weighted by atomic mass is 16.4. The Hall–Kier alpha value is -2.06. The highest BCUT2D eigenvalue weighted by Crippen LogP contribution is 1.97. The van der Waals surface area contributed by atoms with Gasteiger partial charge in [-0.2, -0.15) is 9.78 Å². The molecule has 0 atom stereocenters. The van der Waals surface area contributed by atoms with Crippen LogP contribution in [0, 0.1) is 6.92 Å². The summed E-state index contributed by atoms with van der Waals surface area (Å²) in [5.74, 6) is 0.587. The first-order valence-electron chi connectivity index (χ1n) is 4.82. The molecule has 0 saturated carbocycles. The molecule has 2 aromatic rings. The quantitative estimate of drug-likeness (QED) is 0.581. The fourth-order valence-electron chi connectivity index (χ4n) is 1.25. The van der Waals surface area contributed by atoms with Crippen LogP contribution in [-0.2, 0) is 0 Å². The average molecular weight is 232 g/mol. The molecule has 2 heterocycles. The summed E-state index contributed by atoms with van der Waals surface area (Å²) in [5, 5.41) is 21.6. The molecule has 0 aliphatic rings. The van der Waals surface area contributed by atoms with Crippen molar-refractivity contribution in [2.24, 2.45) is 0 Å². The third-order valence-corrected chi connectivity index (χ3v) is 2.13. The van der Waals surface area contributed by atoms with Gasteiger partial charge in [0, 0.05) is 17.7 Å². The molecule has 7 nitrogen and oxygen atoms in total. The molecule has 0 radical (unpaired) electrons. The van der Waals surface area contributed by atoms with Crippen LogP contribution in [0.5, 0.6) is 0 Å². The third kappa shape index (κ3) is 2.37. The molecule has 17 heavy (non-hydrogen) atoms. The van der Waals surface area contributed by atoms with Crippen molar-refractivity contribution in [2.75, 3.05) is 0 Å². The Morgan fingerprint density at radius 2 is 1.88 bits per heavy atom. The van der Waals surface area contributed by atoms with Crippen LogP contribution >= 0.6 is 0 Å². The van der Waals surface area contributed by atoms with Crippen molar-refractivity contribution >= 4 is 12.6 Å². The zero-order valence-corrected chi connectivity index (χ0v) is 8.98. The molecule has 2 aromatic heterocycles. The molecule has 2 N–H and O–H groups in total. The van der Waals surface area contributed by atoms with Crippen LogP contribution in [0.3, 0.4) is 0 Å². The molecule has 0 fully saturated rings. The van der Waals surface area contributed by atoms with Gasteiger partial charge in [0.25, 0.3) is 5.56 Å². The summed E-state index contributed by atoms with van der Waals surface area (Å²) in [5.41, 5.74) is -0.0260. The second kappa shape index (κ2) is 4.44. The summed E-state index contributed by atoms with van der Waals surface area (Å²) in [6, 6.07) is 1.09. The molecule has 0 unspecified atom stereocenters. The Labute approximate surface area is 96.6 Å². The van der Waals surface area contributed by atoms with E-state index in [9.17, 15) is 4.79 Å². The summed E-state index contributed by atoms with van der Waals surface area (Å²) >= 11 is 0. The van der Waals surface area contributed by atoms with Crippen LogP contribution in [0.15, 0.2) is 29.5 Å². The fourth-order valence-corrected chi connectivity index (χ4v) is 1.25. The largest absolute Gasteiger partial charge is 0.490 e. The summed E-state index contributed by atoms with van der Waals surface area (Å²) in [4.78, 5) is 19.5. The third-order valence-electron chi connectivity index (χ3n) is 2.13. The van der Waals surface area contributed by atoms with Gasteiger partial charge in [0.1, 0.15) is 11.5 Å². The van der Waals surface area contributed by atoms with Crippen molar-refractivity contribution in [3.05, 3.63) is 40.8 Å². The van der Waals surface area contributed by atoms with E-state index in [-0.39, 0.29) is 5.46 Å². The first kappa shape index (κ1) is 11.4. The van der Waals surface area contributed by atoms with Crippen molar-refractivity contribution in [3.8, 4) is 5.69 Å². The SMILES string of the molecule is Cc1ncc(-n2ncc(B(O)O)cc2=O)cn1. The Morgan fingerprint density at radius 3 is 2.41 bits per heavy atom. The maximum Gasteiger partial charge on any atom is 0.490 e. The molecule has 8 heteroatoms. The van der Waals surface area contributed by atoms with E-state index in [0.29, 0.717) is 11.5 Å². The highest BCUT2D eigenvalue weighted by Gasteiger charge is 2.13. The van der Waals surface area contributed by atoms with Crippen LogP contribution in [0.2, 0.25) is 0 Å². The van der Waals surface area contributed by atoms with Crippen molar-refractivity contribution in [2.45, 2.75) is 6.92 Å². The first-order valence-corrected chi connectivity index (χ1v) is 4.82. The van der Waals surface area contributed by atoms with E-state index in [1.807, 2.05) is 0 Å². The monoisotopic (exact) mass is 232 g/mol. The van der Waals surface area contributed by atoms with Gasteiger partial charge in [0.2, 0.25) is 0 Å². The number of hydrogen-bond acceptors (Lipinski definition) is 6. The average Bonchev–Trinajstić information content (AvgIpc) is 2.30. The summed E-state index contributed by atoms with van der Waals surface area (Å²) < 4.78 is 1.07. The van der Waals surface area contributed by atoms with Crippen molar-refractivity contribution in [1.82, 2.24) is 19.7 Å². The second-order valence-corrected chi connectivity index (χ2v) is 3.40. The lowest BCUT2D eigenvalue weighted by Crippen LogP contribution is -2.36. The lowest BCUT2D eigenvalue weighted by molar-refractivity contribution is 0.425. The predicted octanol–water partition coefficient (Wildman–Crippen LogP) is -1.99. The van der Waals surface area contributed by atoms with Gasteiger partial charge in [-0.1, -0.05) is 0 Å². The molecule has 86 valence electrons. The molecule has 0 aromatic carbocycles. The Balaban J connectivity index is 2.47. The Morgan fingerprint density at radius 1 is 1.24 bits per heavy atom. The predicted molar refractivity (Wildman–Crippen MR) is 60.0 cm³/mol. The van der Waals surface area contributed by atoms with E-state index < -0.39 is 12.7 Å². The van der Waals surface area contributed by atoms with Gasteiger partial charge in [0.15, 0.2) is 0 Å². The molecule has 0 bridgehead atoms. The number of nitrogens with zero attached hydrogens (tertiary/aromatic N) is 4. The topological polar surface area (TPSA) is 101 Å². The van der Waals surface area contributed by atoms with Gasteiger partial charge in [-0.15, -0.1) is 0 Å². The van der Waals surface area contributed by atoms with Crippen molar-refractivity contribution < 1.29 is 10.0 Å². The fraction of sp³-hybridized carbons (Fsp3) is 0.111. The highest BCUT2D eigenvalue weighted by molar-refractivity contribution is 6.58. The van der Waals surface area contributed by atoms with Crippen molar-refractivity contribution in [1.29, 1.82) is 0 Å². The van der Waals surface area contributed by atoms with Crippen LogP contribution < -0.4 is 11.0 Å². The molecule has 0 aliphatic heterocycles. The number of aromatic nitrogens is 4. The molecule has 2 rings (SSSR count). The van der Waals surface area contributed by atoms with E-state index in [0.717, 1.165) is 10.7 Å². The van der Waals surface area contributed by atoms with Gasteiger partial charge >= 0.3 is 7.12 Å². The van der Waals surface area contributed by atoms with Crippen molar-refractivity contribution in [3.63, 3.8) is 0 Å². The number of aryl methyl sites for hydroxylation is 1. The normalized spacial score (nSPS) is 10.3.